The van der Waals surface area contributed by atoms with Gasteiger partial charge in [-0.3, -0.25) is 0 Å². The molecule has 1 aromatic rings. The van der Waals surface area contributed by atoms with Gasteiger partial charge in [-0.05, 0) is 43.0 Å². The molecular weight excluding hydrogens is 260 g/mol. The van der Waals surface area contributed by atoms with E-state index in [1.54, 1.807) is 10.4 Å². The van der Waals surface area contributed by atoms with E-state index in [1.807, 2.05) is 25.1 Å². The van der Waals surface area contributed by atoms with Crippen molar-refractivity contribution in [3.05, 3.63) is 29.8 Å². The van der Waals surface area contributed by atoms with Gasteiger partial charge >= 0.3 is 0 Å². The van der Waals surface area contributed by atoms with Crippen molar-refractivity contribution < 1.29 is 8.42 Å². The number of hydrogen-bond donors (Lipinski definition) is 1. The largest absolute Gasteiger partial charge is 0.316 e. The van der Waals surface area contributed by atoms with Crippen LogP contribution in [0.5, 0.6) is 0 Å². The van der Waals surface area contributed by atoms with Crippen molar-refractivity contribution in [2.75, 3.05) is 26.2 Å². The normalized spacial score (nSPS) is 27.6. The summed E-state index contributed by atoms with van der Waals surface area (Å²) >= 11 is 0. The van der Waals surface area contributed by atoms with Gasteiger partial charge in [-0.2, -0.15) is 4.31 Å². The second kappa shape index (κ2) is 4.89. The van der Waals surface area contributed by atoms with Gasteiger partial charge in [-0.1, -0.05) is 25.1 Å². The molecule has 0 spiro atoms. The summed E-state index contributed by atoms with van der Waals surface area (Å²) in [4.78, 5) is 0.491. The van der Waals surface area contributed by atoms with Crippen LogP contribution in [0.25, 0.3) is 0 Å². The lowest BCUT2D eigenvalue weighted by molar-refractivity contribution is 0.447. The van der Waals surface area contributed by atoms with Gasteiger partial charge in [-0.15, -0.1) is 0 Å². The third-order valence-corrected chi connectivity index (χ3v) is 6.26. The zero-order chi connectivity index (χ0) is 13.5. The van der Waals surface area contributed by atoms with E-state index in [9.17, 15) is 8.42 Å². The first-order valence-electron chi connectivity index (χ1n) is 6.91. The molecule has 2 aliphatic rings. The number of hydrogen-bond acceptors (Lipinski definition) is 3. The molecule has 5 heteroatoms. The topological polar surface area (TPSA) is 49.4 Å². The Labute approximate surface area is 114 Å². The molecule has 2 saturated heterocycles. The number of rotatable bonds is 3. The van der Waals surface area contributed by atoms with Gasteiger partial charge in [0, 0.05) is 13.1 Å². The van der Waals surface area contributed by atoms with E-state index in [0.29, 0.717) is 29.8 Å². The van der Waals surface area contributed by atoms with Gasteiger partial charge in [0.15, 0.2) is 0 Å². The van der Waals surface area contributed by atoms with Crippen molar-refractivity contribution in [2.24, 2.45) is 11.8 Å². The molecule has 0 amide bonds. The molecule has 2 atom stereocenters. The molecule has 104 valence electrons. The molecule has 0 bridgehead atoms. The minimum absolute atomic E-state index is 0.489. The molecule has 2 heterocycles. The van der Waals surface area contributed by atoms with E-state index in [4.69, 9.17) is 0 Å². The fraction of sp³-hybridized carbons (Fsp3) is 0.571. The molecule has 0 radical (unpaired) electrons. The Balaban J connectivity index is 1.91. The van der Waals surface area contributed by atoms with Crippen molar-refractivity contribution in [1.82, 2.24) is 9.62 Å². The van der Waals surface area contributed by atoms with Gasteiger partial charge in [0.2, 0.25) is 10.0 Å². The Morgan fingerprint density at radius 2 is 1.84 bits per heavy atom. The van der Waals surface area contributed by atoms with Crippen molar-refractivity contribution in [2.45, 2.75) is 18.2 Å². The Bertz CT molecular complexity index is 559. The number of nitrogens with one attached hydrogen (secondary N) is 1. The zero-order valence-electron chi connectivity index (χ0n) is 11.2. The van der Waals surface area contributed by atoms with Crippen LogP contribution in [0, 0.1) is 11.8 Å². The van der Waals surface area contributed by atoms with E-state index >= 15 is 0 Å². The summed E-state index contributed by atoms with van der Waals surface area (Å²) in [5.74, 6) is 0.979. The first-order valence-corrected chi connectivity index (χ1v) is 8.35. The quantitative estimate of drug-likeness (QED) is 0.901. The lowest BCUT2D eigenvalue weighted by atomic mass is 10.0. The molecule has 0 aromatic heterocycles. The van der Waals surface area contributed by atoms with Crippen LogP contribution in [0.3, 0.4) is 0 Å². The number of nitrogens with zero attached hydrogens (tertiary/aromatic N) is 1. The maximum absolute atomic E-state index is 12.8. The SMILES string of the molecule is CCc1ccccc1S(=O)(=O)N1C[C@H]2CNC[C@H]2C1. The highest BCUT2D eigenvalue weighted by atomic mass is 32.2. The molecule has 0 unspecified atom stereocenters. The summed E-state index contributed by atoms with van der Waals surface area (Å²) < 4.78 is 27.2. The fourth-order valence-electron chi connectivity index (χ4n) is 3.20. The molecule has 3 rings (SSSR count). The van der Waals surface area contributed by atoms with Gasteiger partial charge in [0.05, 0.1) is 4.90 Å². The average Bonchev–Trinajstić information content (AvgIpc) is 2.99. The van der Waals surface area contributed by atoms with E-state index in [2.05, 4.69) is 5.32 Å². The van der Waals surface area contributed by atoms with Crippen LogP contribution < -0.4 is 5.32 Å². The van der Waals surface area contributed by atoms with Crippen LogP contribution in [0.2, 0.25) is 0 Å². The summed E-state index contributed by atoms with van der Waals surface area (Å²) in [6, 6.07) is 7.36. The van der Waals surface area contributed by atoms with Crippen LogP contribution >= 0.6 is 0 Å². The smallest absolute Gasteiger partial charge is 0.243 e. The molecule has 0 aliphatic carbocycles. The summed E-state index contributed by atoms with van der Waals surface area (Å²) in [5, 5.41) is 3.34. The van der Waals surface area contributed by atoms with Crippen LogP contribution in [0.1, 0.15) is 12.5 Å². The number of fused-ring (bicyclic) bond motifs is 1. The molecule has 4 nitrogen and oxygen atoms in total. The van der Waals surface area contributed by atoms with Crippen molar-refractivity contribution >= 4 is 10.0 Å². The molecule has 1 aromatic carbocycles. The first kappa shape index (κ1) is 13.1. The van der Waals surface area contributed by atoms with Crippen LogP contribution in [-0.2, 0) is 16.4 Å². The molecule has 19 heavy (non-hydrogen) atoms. The Morgan fingerprint density at radius 1 is 1.21 bits per heavy atom. The molecule has 2 fully saturated rings. The van der Waals surface area contributed by atoms with E-state index in [1.165, 1.54) is 0 Å². The van der Waals surface area contributed by atoms with Crippen LogP contribution in [-0.4, -0.2) is 38.9 Å². The van der Waals surface area contributed by atoms with Crippen LogP contribution in [0.15, 0.2) is 29.2 Å². The second-order valence-electron chi connectivity index (χ2n) is 5.46. The van der Waals surface area contributed by atoms with E-state index < -0.39 is 10.0 Å². The Morgan fingerprint density at radius 3 is 2.47 bits per heavy atom. The number of sulfonamides is 1. The van der Waals surface area contributed by atoms with Gasteiger partial charge in [0.1, 0.15) is 0 Å². The predicted molar refractivity (Wildman–Crippen MR) is 74.4 cm³/mol. The van der Waals surface area contributed by atoms with Crippen LogP contribution in [0.4, 0.5) is 0 Å². The monoisotopic (exact) mass is 280 g/mol. The third-order valence-electron chi connectivity index (χ3n) is 4.33. The van der Waals surface area contributed by atoms with Crippen molar-refractivity contribution in [3.63, 3.8) is 0 Å². The van der Waals surface area contributed by atoms with Crippen molar-refractivity contribution in [1.29, 1.82) is 0 Å². The Hall–Kier alpha value is -0.910. The predicted octanol–water partition coefficient (Wildman–Crippen LogP) is 1.09. The number of aryl methyl sites for hydroxylation is 1. The third kappa shape index (κ3) is 2.20. The highest BCUT2D eigenvalue weighted by molar-refractivity contribution is 7.89. The standard InChI is InChI=1S/C14H20N2O2S/c1-2-11-5-3-4-6-14(11)19(17,18)16-9-12-7-15-8-13(12)10-16/h3-6,12-13,15H,2,7-10H2,1H3/t12-,13+. The molecular formula is C14H20N2O2S. The lowest BCUT2D eigenvalue weighted by Gasteiger charge is -2.19. The zero-order valence-corrected chi connectivity index (χ0v) is 12.0. The minimum Gasteiger partial charge on any atom is -0.316 e. The first-order chi connectivity index (χ1) is 9.13. The summed E-state index contributed by atoms with van der Waals surface area (Å²) in [6.07, 6.45) is 0.748. The van der Waals surface area contributed by atoms with E-state index in [0.717, 1.165) is 25.1 Å². The maximum atomic E-state index is 12.8. The molecule has 2 aliphatic heterocycles. The molecule has 0 saturated carbocycles. The van der Waals surface area contributed by atoms with E-state index in [-0.39, 0.29) is 0 Å². The fourth-order valence-corrected chi connectivity index (χ4v) is 5.04. The number of benzene rings is 1. The van der Waals surface area contributed by atoms with Gasteiger partial charge in [0.25, 0.3) is 0 Å². The summed E-state index contributed by atoms with van der Waals surface area (Å²) in [7, 11) is -3.32. The minimum atomic E-state index is -3.32. The van der Waals surface area contributed by atoms with Crippen molar-refractivity contribution in [3.8, 4) is 0 Å². The summed E-state index contributed by atoms with van der Waals surface area (Å²) in [5.41, 5.74) is 0.915. The highest BCUT2D eigenvalue weighted by Crippen LogP contribution is 2.31. The second-order valence-corrected chi connectivity index (χ2v) is 7.37. The molecule has 1 N–H and O–H groups in total. The van der Waals surface area contributed by atoms with Gasteiger partial charge in [-0.25, -0.2) is 8.42 Å². The average molecular weight is 280 g/mol. The Kier molecular flexibility index (Phi) is 3.37. The highest BCUT2D eigenvalue weighted by Gasteiger charge is 2.41. The maximum Gasteiger partial charge on any atom is 0.243 e. The van der Waals surface area contributed by atoms with Gasteiger partial charge < -0.3 is 5.32 Å². The summed E-state index contributed by atoms with van der Waals surface area (Å²) in [6.45, 7) is 5.23. The lowest BCUT2D eigenvalue weighted by Crippen LogP contribution is -2.32.